The van der Waals surface area contributed by atoms with Crippen LogP contribution in [0.1, 0.15) is 40.5 Å². The fraction of sp³-hybridized carbons (Fsp3) is 0.867. The van der Waals surface area contributed by atoms with E-state index in [1.807, 2.05) is 27.7 Å². The molecule has 7 heteroatoms. The highest BCUT2D eigenvalue weighted by atomic mass is 16.6. The van der Waals surface area contributed by atoms with Crippen LogP contribution in [0.25, 0.3) is 0 Å². The van der Waals surface area contributed by atoms with Crippen molar-refractivity contribution in [3.63, 3.8) is 0 Å². The minimum atomic E-state index is -0.876. The summed E-state index contributed by atoms with van der Waals surface area (Å²) in [4.78, 5) is 24.8. The summed E-state index contributed by atoms with van der Waals surface area (Å²) >= 11 is 0. The number of aliphatic carboxylic acids is 1. The van der Waals surface area contributed by atoms with Crippen molar-refractivity contribution in [1.82, 2.24) is 10.2 Å². The van der Waals surface area contributed by atoms with Crippen molar-refractivity contribution in [2.75, 3.05) is 26.3 Å². The van der Waals surface area contributed by atoms with E-state index in [0.717, 1.165) is 6.42 Å². The number of likely N-dealkylation sites (tertiary alicyclic amines) is 1. The zero-order valence-corrected chi connectivity index (χ0v) is 13.8. The molecular formula is C15H26N2O5. The summed E-state index contributed by atoms with van der Waals surface area (Å²) in [6.45, 7) is 9.36. The number of hydrogen-bond donors (Lipinski definition) is 2. The molecular weight excluding hydrogens is 288 g/mol. The first-order valence-electron chi connectivity index (χ1n) is 7.59. The summed E-state index contributed by atoms with van der Waals surface area (Å²) < 4.78 is 10.7. The van der Waals surface area contributed by atoms with Gasteiger partial charge in [0.05, 0.1) is 18.6 Å². The van der Waals surface area contributed by atoms with Crippen LogP contribution in [0.2, 0.25) is 0 Å². The zero-order valence-electron chi connectivity index (χ0n) is 13.8. The van der Waals surface area contributed by atoms with Gasteiger partial charge < -0.3 is 19.5 Å². The summed E-state index contributed by atoms with van der Waals surface area (Å²) in [5.74, 6) is -0.876. The van der Waals surface area contributed by atoms with Crippen molar-refractivity contribution in [2.24, 2.45) is 0 Å². The Kier molecular flexibility index (Phi) is 4.41. The van der Waals surface area contributed by atoms with Gasteiger partial charge in [-0.05, 0) is 34.1 Å². The van der Waals surface area contributed by atoms with Gasteiger partial charge >= 0.3 is 12.1 Å². The van der Waals surface area contributed by atoms with E-state index in [0.29, 0.717) is 26.3 Å². The molecule has 7 nitrogen and oxygen atoms in total. The maximum absolute atomic E-state index is 12.0. The van der Waals surface area contributed by atoms with Crippen molar-refractivity contribution in [1.29, 1.82) is 0 Å². The molecule has 0 aliphatic carbocycles. The largest absolute Gasteiger partial charge is 0.481 e. The number of nitrogens with one attached hydrogen (secondary N) is 1. The smallest absolute Gasteiger partial charge is 0.410 e. The van der Waals surface area contributed by atoms with Gasteiger partial charge in [0.2, 0.25) is 0 Å². The second-order valence-corrected chi connectivity index (χ2v) is 7.68. The lowest BCUT2D eigenvalue weighted by Gasteiger charge is -2.52. The van der Waals surface area contributed by atoms with E-state index >= 15 is 0 Å². The molecule has 2 heterocycles. The molecule has 0 radical (unpaired) electrons. The van der Waals surface area contributed by atoms with Gasteiger partial charge in [-0.25, -0.2) is 4.79 Å². The average Bonchev–Trinajstić information content (AvgIpc) is 2.68. The molecule has 2 aliphatic rings. The molecule has 0 saturated carbocycles. The Morgan fingerprint density at radius 1 is 1.36 bits per heavy atom. The molecule has 0 aromatic heterocycles. The molecule has 1 unspecified atom stereocenters. The van der Waals surface area contributed by atoms with Gasteiger partial charge in [0, 0.05) is 25.2 Å². The Hall–Kier alpha value is -1.34. The molecule has 126 valence electrons. The third-order valence-electron chi connectivity index (χ3n) is 3.91. The lowest BCUT2D eigenvalue weighted by molar-refractivity contribution is -0.141. The van der Waals surface area contributed by atoms with Gasteiger partial charge in [-0.2, -0.15) is 0 Å². The van der Waals surface area contributed by atoms with Gasteiger partial charge in [-0.15, -0.1) is 0 Å². The first kappa shape index (κ1) is 17.0. The summed E-state index contributed by atoms with van der Waals surface area (Å²) in [5, 5.41) is 12.6. The van der Waals surface area contributed by atoms with E-state index in [1.54, 1.807) is 4.90 Å². The molecule has 0 spiro atoms. The van der Waals surface area contributed by atoms with E-state index < -0.39 is 23.2 Å². The monoisotopic (exact) mass is 314 g/mol. The molecule has 2 fully saturated rings. The SMILES string of the molecule is CC1(NC2(CC(=O)O)CN(C(=O)OC(C)(C)C)C2)CCOC1. The fourth-order valence-corrected chi connectivity index (χ4v) is 3.07. The zero-order chi connectivity index (χ0) is 16.6. The number of carbonyl (C=O) groups excluding carboxylic acids is 1. The Morgan fingerprint density at radius 2 is 2.00 bits per heavy atom. The molecule has 0 bridgehead atoms. The molecule has 22 heavy (non-hydrogen) atoms. The van der Waals surface area contributed by atoms with Gasteiger partial charge in [0.25, 0.3) is 0 Å². The van der Waals surface area contributed by atoms with Crippen LogP contribution < -0.4 is 5.32 Å². The van der Waals surface area contributed by atoms with Crippen LogP contribution in [-0.4, -0.2) is 65.1 Å². The lowest BCUT2D eigenvalue weighted by Crippen LogP contribution is -2.75. The molecule has 2 N–H and O–H groups in total. The van der Waals surface area contributed by atoms with Crippen LogP contribution in [0, 0.1) is 0 Å². The van der Waals surface area contributed by atoms with Crippen LogP contribution in [-0.2, 0) is 14.3 Å². The Balaban J connectivity index is 1.99. The maximum Gasteiger partial charge on any atom is 0.410 e. The first-order valence-corrected chi connectivity index (χ1v) is 7.59. The highest BCUT2D eigenvalue weighted by molar-refractivity contribution is 5.73. The fourth-order valence-electron chi connectivity index (χ4n) is 3.07. The van der Waals surface area contributed by atoms with Crippen molar-refractivity contribution in [3.8, 4) is 0 Å². The van der Waals surface area contributed by atoms with Crippen LogP contribution in [0.5, 0.6) is 0 Å². The summed E-state index contributed by atoms with van der Waals surface area (Å²) in [6.07, 6.45) is 0.408. The minimum Gasteiger partial charge on any atom is -0.481 e. The van der Waals surface area contributed by atoms with Gasteiger partial charge in [0.1, 0.15) is 5.60 Å². The second-order valence-electron chi connectivity index (χ2n) is 7.68. The number of rotatable bonds is 4. The van der Waals surface area contributed by atoms with E-state index in [2.05, 4.69) is 5.32 Å². The molecule has 2 rings (SSSR count). The molecule has 2 aliphatic heterocycles. The quantitative estimate of drug-likeness (QED) is 0.811. The standard InChI is InChI=1S/C15H26N2O5/c1-13(2,3)22-12(20)17-8-15(9-17,7-11(18)19)16-14(4)5-6-21-10-14/h16H,5-10H2,1-4H3,(H,18,19). The van der Waals surface area contributed by atoms with Crippen LogP contribution in [0.3, 0.4) is 0 Å². The Bertz CT molecular complexity index is 445. The van der Waals surface area contributed by atoms with E-state index in [-0.39, 0.29) is 12.0 Å². The number of carboxylic acid groups (broad SMARTS) is 1. The first-order chi connectivity index (χ1) is 10.0. The van der Waals surface area contributed by atoms with Crippen LogP contribution in [0.4, 0.5) is 4.79 Å². The maximum atomic E-state index is 12.0. The third kappa shape index (κ3) is 4.10. The van der Waals surface area contributed by atoms with Crippen molar-refractivity contribution >= 4 is 12.1 Å². The Morgan fingerprint density at radius 3 is 2.45 bits per heavy atom. The molecule has 0 aromatic rings. The van der Waals surface area contributed by atoms with E-state index in [9.17, 15) is 14.7 Å². The molecule has 2 saturated heterocycles. The molecule has 1 atom stereocenters. The summed E-state index contributed by atoms with van der Waals surface area (Å²) in [7, 11) is 0. The van der Waals surface area contributed by atoms with Crippen molar-refractivity contribution in [3.05, 3.63) is 0 Å². The number of amides is 1. The summed E-state index contributed by atoms with van der Waals surface area (Å²) in [5.41, 5.74) is -1.40. The second kappa shape index (κ2) is 5.70. The normalized spacial score (nSPS) is 27.4. The van der Waals surface area contributed by atoms with Crippen molar-refractivity contribution < 1.29 is 24.2 Å². The van der Waals surface area contributed by atoms with E-state index in [4.69, 9.17) is 9.47 Å². The van der Waals surface area contributed by atoms with Gasteiger partial charge in [-0.1, -0.05) is 0 Å². The number of carbonyl (C=O) groups is 2. The number of ether oxygens (including phenoxy) is 2. The third-order valence-corrected chi connectivity index (χ3v) is 3.91. The summed E-state index contributed by atoms with van der Waals surface area (Å²) in [6, 6.07) is 0. The molecule has 0 aromatic carbocycles. The topological polar surface area (TPSA) is 88.1 Å². The highest BCUT2D eigenvalue weighted by Crippen LogP contribution is 2.31. The minimum absolute atomic E-state index is 0.0259. The van der Waals surface area contributed by atoms with E-state index in [1.165, 1.54) is 0 Å². The Labute approximate surface area is 130 Å². The van der Waals surface area contributed by atoms with Crippen LogP contribution >= 0.6 is 0 Å². The van der Waals surface area contributed by atoms with Crippen molar-refractivity contribution in [2.45, 2.75) is 57.2 Å². The number of carboxylic acids is 1. The van der Waals surface area contributed by atoms with Crippen LogP contribution in [0.15, 0.2) is 0 Å². The van der Waals surface area contributed by atoms with Gasteiger partial charge in [-0.3, -0.25) is 10.1 Å². The predicted octanol–water partition coefficient (Wildman–Crippen LogP) is 1.22. The average molecular weight is 314 g/mol. The molecule has 1 amide bonds. The lowest BCUT2D eigenvalue weighted by atomic mass is 9.83. The van der Waals surface area contributed by atoms with Gasteiger partial charge in [0.15, 0.2) is 0 Å². The predicted molar refractivity (Wildman–Crippen MR) is 79.8 cm³/mol. The number of hydrogen-bond acceptors (Lipinski definition) is 5. The highest BCUT2D eigenvalue weighted by Gasteiger charge is 2.51. The number of nitrogens with zero attached hydrogens (tertiary/aromatic N) is 1.